The van der Waals surface area contributed by atoms with Crippen LogP contribution in [0, 0.1) is 0 Å². The summed E-state index contributed by atoms with van der Waals surface area (Å²) in [6.45, 7) is 0.730. The van der Waals surface area contributed by atoms with Gasteiger partial charge >= 0.3 is 0 Å². The van der Waals surface area contributed by atoms with Crippen molar-refractivity contribution in [3.05, 3.63) is 29.8 Å². The van der Waals surface area contributed by atoms with Crippen molar-refractivity contribution in [1.29, 1.82) is 0 Å². The molecule has 1 atom stereocenters. The van der Waals surface area contributed by atoms with E-state index in [0.717, 1.165) is 19.4 Å². The molecule has 0 amide bonds. The van der Waals surface area contributed by atoms with Crippen molar-refractivity contribution in [2.45, 2.75) is 18.9 Å². The summed E-state index contributed by atoms with van der Waals surface area (Å²) in [4.78, 5) is 0. The van der Waals surface area contributed by atoms with Crippen LogP contribution in [0.5, 0.6) is 0 Å². The van der Waals surface area contributed by atoms with E-state index in [0.29, 0.717) is 6.04 Å². The Labute approximate surface area is 72.8 Å². The Morgan fingerprint density at radius 1 is 1.42 bits per heavy atom. The maximum Gasteiger partial charge on any atom is 0.0387 e. The zero-order valence-electron chi connectivity index (χ0n) is 7.09. The van der Waals surface area contributed by atoms with Crippen LogP contribution in [0.1, 0.15) is 12.0 Å². The first kappa shape index (κ1) is 7.62. The number of hydrogen-bond acceptors (Lipinski definition) is 2. The van der Waals surface area contributed by atoms with Gasteiger partial charge in [-0.15, -0.1) is 0 Å². The van der Waals surface area contributed by atoms with Gasteiger partial charge in [0, 0.05) is 18.3 Å². The molecule has 64 valence electrons. The fourth-order valence-corrected chi connectivity index (χ4v) is 1.68. The zero-order chi connectivity index (χ0) is 8.39. The maximum absolute atomic E-state index is 5.60. The van der Waals surface area contributed by atoms with E-state index in [1.807, 2.05) is 0 Å². The third-order valence-electron chi connectivity index (χ3n) is 2.42. The first-order valence-electron chi connectivity index (χ1n) is 4.44. The van der Waals surface area contributed by atoms with Crippen LogP contribution >= 0.6 is 0 Å². The molecular weight excluding hydrogens is 148 g/mol. The molecule has 12 heavy (non-hydrogen) atoms. The summed E-state index contributed by atoms with van der Waals surface area (Å²) in [7, 11) is 0. The predicted octanol–water partition coefficient (Wildman–Crippen LogP) is 1.37. The highest BCUT2D eigenvalue weighted by atomic mass is 14.9. The lowest BCUT2D eigenvalue weighted by atomic mass is 9.98. The molecule has 0 saturated heterocycles. The van der Waals surface area contributed by atoms with Crippen LogP contribution in [0.2, 0.25) is 0 Å². The molecule has 2 rings (SSSR count). The number of nitrogens with one attached hydrogen (secondary N) is 1. The van der Waals surface area contributed by atoms with E-state index < -0.39 is 0 Å². The second-order valence-electron chi connectivity index (χ2n) is 3.27. The Hall–Kier alpha value is -1.02. The predicted molar refractivity (Wildman–Crippen MR) is 51.2 cm³/mol. The molecule has 0 radical (unpaired) electrons. The van der Waals surface area contributed by atoms with Gasteiger partial charge in [-0.2, -0.15) is 0 Å². The van der Waals surface area contributed by atoms with Gasteiger partial charge in [-0.25, -0.2) is 0 Å². The minimum atomic E-state index is 0.472. The Balaban J connectivity index is 2.23. The normalized spacial score (nSPS) is 21.2. The summed E-state index contributed by atoms with van der Waals surface area (Å²) < 4.78 is 0. The smallest absolute Gasteiger partial charge is 0.0387 e. The summed E-state index contributed by atoms with van der Waals surface area (Å²) >= 11 is 0. The number of rotatable bonds is 1. The summed E-state index contributed by atoms with van der Waals surface area (Å²) in [6, 6.07) is 8.92. The van der Waals surface area contributed by atoms with Crippen molar-refractivity contribution in [2.24, 2.45) is 5.73 Å². The highest BCUT2D eigenvalue weighted by Crippen LogP contribution is 2.23. The van der Waals surface area contributed by atoms with E-state index in [1.54, 1.807) is 0 Å². The highest BCUT2D eigenvalue weighted by molar-refractivity contribution is 5.53. The molecule has 0 saturated carbocycles. The molecule has 1 aliphatic heterocycles. The minimum Gasteiger partial charge on any atom is -0.381 e. The first-order chi connectivity index (χ1) is 5.90. The largest absolute Gasteiger partial charge is 0.381 e. The van der Waals surface area contributed by atoms with Gasteiger partial charge < -0.3 is 11.1 Å². The molecular formula is C10H14N2. The standard InChI is InChI=1S/C10H14N2/c11-7-9-6-5-8-3-1-2-4-10(8)12-9/h1-4,9,12H,5-7,11H2. The van der Waals surface area contributed by atoms with Crippen LogP contribution in [0.15, 0.2) is 24.3 Å². The number of benzene rings is 1. The van der Waals surface area contributed by atoms with E-state index in [2.05, 4.69) is 29.6 Å². The zero-order valence-corrected chi connectivity index (χ0v) is 7.09. The van der Waals surface area contributed by atoms with Crippen molar-refractivity contribution in [2.75, 3.05) is 11.9 Å². The van der Waals surface area contributed by atoms with Crippen molar-refractivity contribution in [3.8, 4) is 0 Å². The topological polar surface area (TPSA) is 38.0 Å². The molecule has 1 heterocycles. The lowest BCUT2D eigenvalue weighted by Crippen LogP contribution is -2.32. The third-order valence-corrected chi connectivity index (χ3v) is 2.42. The van der Waals surface area contributed by atoms with Gasteiger partial charge in [0.05, 0.1) is 0 Å². The molecule has 0 aromatic heterocycles. The Kier molecular flexibility index (Phi) is 2.00. The fourth-order valence-electron chi connectivity index (χ4n) is 1.68. The van der Waals surface area contributed by atoms with Crippen molar-refractivity contribution < 1.29 is 0 Å². The van der Waals surface area contributed by atoms with Crippen LogP contribution in [-0.2, 0) is 6.42 Å². The second kappa shape index (κ2) is 3.15. The van der Waals surface area contributed by atoms with Crippen molar-refractivity contribution in [3.63, 3.8) is 0 Å². The van der Waals surface area contributed by atoms with E-state index in [4.69, 9.17) is 5.73 Å². The Morgan fingerprint density at radius 3 is 3.08 bits per heavy atom. The summed E-state index contributed by atoms with van der Waals surface area (Å²) in [5.41, 5.74) is 8.28. The molecule has 2 nitrogen and oxygen atoms in total. The lowest BCUT2D eigenvalue weighted by molar-refractivity contribution is 0.639. The summed E-state index contributed by atoms with van der Waals surface area (Å²) in [5.74, 6) is 0. The maximum atomic E-state index is 5.60. The van der Waals surface area contributed by atoms with Crippen molar-refractivity contribution in [1.82, 2.24) is 0 Å². The summed E-state index contributed by atoms with van der Waals surface area (Å²) in [6.07, 6.45) is 2.32. The van der Waals surface area contributed by atoms with Crippen LogP contribution in [0.25, 0.3) is 0 Å². The van der Waals surface area contributed by atoms with Crippen LogP contribution < -0.4 is 11.1 Å². The molecule has 1 aliphatic rings. The van der Waals surface area contributed by atoms with Crippen LogP contribution in [-0.4, -0.2) is 12.6 Å². The lowest BCUT2D eigenvalue weighted by Gasteiger charge is -2.25. The average molecular weight is 162 g/mol. The molecule has 0 bridgehead atoms. The number of hydrogen-bond donors (Lipinski definition) is 2. The highest BCUT2D eigenvalue weighted by Gasteiger charge is 2.14. The Bertz CT molecular complexity index is 270. The minimum absolute atomic E-state index is 0.472. The Morgan fingerprint density at radius 2 is 2.25 bits per heavy atom. The number of aryl methyl sites for hydroxylation is 1. The molecule has 3 N–H and O–H groups in total. The average Bonchev–Trinajstić information content (AvgIpc) is 2.17. The van der Waals surface area contributed by atoms with Gasteiger partial charge in [-0.3, -0.25) is 0 Å². The second-order valence-corrected chi connectivity index (χ2v) is 3.27. The van der Waals surface area contributed by atoms with Gasteiger partial charge in [-0.1, -0.05) is 18.2 Å². The van der Waals surface area contributed by atoms with E-state index >= 15 is 0 Å². The molecule has 0 spiro atoms. The van der Waals surface area contributed by atoms with Crippen molar-refractivity contribution >= 4 is 5.69 Å². The SMILES string of the molecule is NCC1CCc2ccccc2N1. The van der Waals surface area contributed by atoms with Gasteiger partial charge in [0.2, 0.25) is 0 Å². The molecule has 1 unspecified atom stereocenters. The first-order valence-corrected chi connectivity index (χ1v) is 4.44. The number of fused-ring (bicyclic) bond motifs is 1. The van der Waals surface area contributed by atoms with Crippen LogP contribution in [0.4, 0.5) is 5.69 Å². The van der Waals surface area contributed by atoms with E-state index in [1.165, 1.54) is 11.3 Å². The van der Waals surface area contributed by atoms with E-state index in [-0.39, 0.29) is 0 Å². The third kappa shape index (κ3) is 1.30. The molecule has 0 aliphatic carbocycles. The van der Waals surface area contributed by atoms with Gasteiger partial charge in [0.15, 0.2) is 0 Å². The molecule has 1 aromatic rings. The monoisotopic (exact) mass is 162 g/mol. The molecule has 1 aromatic carbocycles. The number of para-hydroxylation sites is 1. The van der Waals surface area contributed by atoms with Gasteiger partial charge in [0.1, 0.15) is 0 Å². The number of nitrogens with two attached hydrogens (primary N) is 1. The van der Waals surface area contributed by atoms with Gasteiger partial charge in [0.25, 0.3) is 0 Å². The molecule has 2 heteroatoms. The number of anilines is 1. The van der Waals surface area contributed by atoms with Gasteiger partial charge in [-0.05, 0) is 24.5 Å². The van der Waals surface area contributed by atoms with E-state index in [9.17, 15) is 0 Å². The quantitative estimate of drug-likeness (QED) is 0.654. The molecule has 0 fully saturated rings. The van der Waals surface area contributed by atoms with Crippen LogP contribution in [0.3, 0.4) is 0 Å². The summed E-state index contributed by atoms with van der Waals surface area (Å²) in [5, 5.41) is 3.42. The fraction of sp³-hybridized carbons (Fsp3) is 0.400.